The zero-order valence-electron chi connectivity index (χ0n) is 49.4. The van der Waals surface area contributed by atoms with Gasteiger partial charge >= 0.3 is 17.9 Å². The highest BCUT2D eigenvalue weighted by Crippen LogP contribution is 2.18. The summed E-state index contributed by atoms with van der Waals surface area (Å²) in [4.78, 5) is 38.1. The van der Waals surface area contributed by atoms with Crippen LogP contribution in [-0.2, 0) is 28.6 Å². The molecule has 0 heterocycles. The van der Waals surface area contributed by atoms with Crippen LogP contribution < -0.4 is 0 Å². The summed E-state index contributed by atoms with van der Waals surface area (Å²) in [5, 5.41) is 0. The predicted octanol–water partition coefficient (Wildman–Crippen LogP) is 22.2. The van der Waals surface area contributed by atoms with Gasteiger partial charge in [-0.2, -0.15) is 0 Å². The third-order valence-electron chi connectivity index (χ3n) is 14.9. The van der Waals surface area contributed by atoms with Crippen molar-refractivity contribution in [1.82, 2.24) is 0 Å². The molecule has 0 radical (unpaired) electrons. The van der Waals surface area contributed by atoms with Crippen molar-refractivity contribution in [3.8, 4) is 0 Å². The molecule has 0 saturated carbocycles. The highest BCUT2D eigenvalue weighted by molar-refractivity contribution is 5.71. The molecule has 0 aliphatic heterocycles. The molecule has 0 rings (SSSR count). The van der Waals surface area contributed by atoms with Crippen LogP contribution in [-0.4, -0.2) is 37.2 Å². The molecule has 1 atom stereocenters. The van der Waals surface area contributed by atoms with E-state index in [1.807, 2.05) is 0 Å². The summed E-state index contributed by atoms with van der Waals surface area (Å²) in [7, 11) is 0. The lowest BCUT2D eigenvalue weighted by Gasteiger charge is -2.18. The van der Waals surface area contributed by atoms with E-state index in [4.69, 9.17) is 14.2 Å². The first-order chi connectivity index (χ1) is 36.0. The maximum Gasteiger partial charge on any atom is 0.306 e. The Kier molecular flexibility index (Phi) is 60.6. The summed E-state index contributed by atoms with van der Waals surface area (Å²) in [6.45, 7) is 6.60. The summed E-state index contributed by atoms with van der Waals surface area (Å²) in [6, 6.07) is 0. The van der Waals surface area contributed by atoms with Crippen LogP contribution in [0.1, 0.15) is 367 Å². The van der Waals surface area contributed by atoms with Gasteiger partial charge in [0.15, 0.2) is 6.10 Å². The Balaban J connectivity index is 3.99. The van der Waals surface area contributed by atoms with Crippen molar-refractivity contribution in [3.63, 3.8) is 0 Å². The number of carbonyl (C=O) groups is 3. The first-order valence-electron chi connectivity index (χ1n) is 32.8. The summed E-state index contributed by atoms with van der Waals surface area (Å²) in [5.41, 5.74) is 0. The average Bonchev–Trinajstić information content (AvgIpc) is 3.39. The van der Waals surface area contributed by atoms with Crippen molar-refractivity contribution in [1.29, 1.82) is 0 Å². The molecule has 0 spiro atoms. The number of unbranched alkanes of at least 4 members (excludes halogenated alkanes) is 46. The van der Waals surface area contributed by atoms with Crippen LogP contribution in [0.3, 0.4) is 0 Å². The van der Waals surface area contributed by atoms with Gasteiger partial charge < -0.3 is 14.2 Å². The molecule has 6 nitrogen and oxygen atoms in total. The Morgan fingerprint density at radius 3 is 0.753 bits per heavy atom. The highest BCUT2D eigenvalue weighted by Gasteiger charge is 2.19. The molecular weight excluding hydrogens is 901 g/mol. The smallest absolute Gasteiger partial charge is 0.306 e. The fraction of sp³-hybridized carbons (Fsp3) is 0.896. The molecule has 0 bridgehead atoms. The number of ether oxygens (including phenoxy) is 3. The maximum absolute atomic E-state index is 12.8. The van der Waals surface area contributed by atoms with E-state index in [1.54, 1.807) is 0 Å². The molecule has 0 aromatic heterocycles. The molecule has 0 amide bonds. The topological polar surface area (TPSA) is 78.9 Å². The second-order valence-electron chi connectivity index (χ2n) is 22.4. The first kappa shape index (κ1) is 70.9. The van der Waals surface area contributed by atoms with Crippen molar-refractivity contribution in [3.05, 3.63) is 24.3 Å². The van der Waals surface area contributed by atoms with Gasteiger partial charge in [0, 0.05) is 19.3 Å². The van der Waals surface area contributed by atoms with Gasteiger partial charge in [-0.15, -0.1) is 0 Å². The molecule has 1 unspecified atom stereocenters. The third kappa shape index (κ3) is 60.6. The fourth-order valence-electron chi connectivity index (χ4n) is 9.97. The van der Waals surface area contributed by atoms with Crippen molar-refractivity contribution < 1.29 is 28.6 Å². The standard InChI is InChI=1S/C67H126O6/c1-4-7-10-13-16-19-22-24-25-26-27-28-29-30-31-32-33-34-35-36-37-38-39-40-41-42-44-45-48-51-54-57-60-66(69)72-63-64(62-71-65(68)59-56-53-50-47-21-18-15-12-9-6-3)73-67(70)61-58-55-52-49-46-43-23-20-17-14-11-8-5-2/h12,15,20,23,64H,4-11,13-14,16-19,21-22,24-63H2,1-3H3/b15-12-,23-20-. The number of carbonyl (C=O) groups excluding carboxylic acids is 3. The Morgan fingerprint density at radius 2 is 0.479 bits per heavy atom. The Hall–Kier alpha value is -2.11. The van der Waals surface area contributed by atoms with Crippen LogP contribution in [0.15, 0.2) is 24.3 Å². The predicted molar refractivity (Wildman–Crippen MR) is 316 cm³/mol. The molecule has 0 saturated heterocycles. The summed E-state index contributed by atoms with van der Waals surface area (Å²) >= 11 is 0. The number of esters is 3. The van der Waals surface area contributed by atoms with Crippen molar-refractivity contribution >= 4 is 17.9 Å². The lowest BCUT2D eigenvalue weighted by molar-refractivity contribution is -0.167. The quantitative estimate of drug-likeness (QED) is 0.0261. The Labute approximate surface area is 455 Å². The van der Waals surface area contributed by atoms with Gasteiger partial charge in [0.2, 0.25) is 0 Å². The lowest BCUT2D eigenvalue weighted by atomic mass is 10.0. The van der Waals surface area contributed by atoms with Crippen LogP contribution in [0, 0.1) is 0 Å². The zero-order valence-corrected chi connectivity index (χ0v) is 49.4. The molecule has 0 aliphatic carbocycles. The Morgan fingerprint density at radius 1 is 0.260 bits per heavy atom. The van der Waals surface area contributed by atoms with Crippen LogP contribution >= 0.6 is 0 Å². The van der Waals surface area contributed by atoms with Crippen molar-refractivity contribution in [2.45, 2.75) is 374 Å². The number of hydrogen-bond donors (Lipinski definition) is 0. The van der Waals surface area contributed by atoms with E-state index < -0.39 is 6.10 Å². The van der Waals surface area contributed by atoms with E-state index in [2.05, 4.69) is 45.1 Å². The highest BCUT2D eigenvalue weighted by atomic mass is 16.6. The first-order valence-corrected chi connectivity index (χ1v) is 32.8. The minimum atomic E-state index is -0.775. The molecule has 0 aliphatic rings. The van der Waals surface area contributed by atoms with Crippen LogP contribution in [0.25, 0.3) is 0 Å². The summed E-state index contributed by atoms with van der Waals surface area (Å²) in [5.74, 6) is -0.873. The van der Waals surface area contributed by atoms with Crippen LogP contribution in [0.4, 0.5) is 0 Å². The zero-order chi connectivity index (χ0) is 52.9. The van der Waals surface area contributed by atoms with Gasteiger partial charge in [-0.25, -0.2) is 0 Å². The van der Waals surface area contributed by atoms with Crippen molar-refractivity contribution in [2.75, 3.05) is 13.2 Å². The number of hydrogen-bond acceptors (Lipinski definition) is 6. The molecular formula is C67H126O6. The second kappa shape index (κ2) is 62.4. The lowest BCUT2D eigenvalue weighted by Crippen LogP contribution is -2.30. The summed E-state index contributed by atoms with van der Waals surface area (Å²) < 4.78 is 16.8. The third-order valence-corrected chi connectivity index (χ3v) is 14.9. The molecule has 73 heavy (non-hydrogen) atoms. The molecule has 6 heteroatoms. The van der Waals surface area contributed by atoms with Gasteiger partial charge in [0.05, 0.1) is 0 Å². The molecule has 0 aromatic rings. The molecule has 430 valence electrons. The fourth-order valence-corrected chi connectivity index (χ4v) is 9.97. The Bertz CT molecular complexity index is 1180. The number of allylic oxidation sites excluding steroid dienone is 4. The van der Waals surface area contributed by atoms with Gasteiger partial charge in [0.1, 0.15) is 13.2 Å². The van der Waals surface area contributed by atoms with E-state index in [9.17, 15) is 14.4 Å². The van der Waals surface area contributed by atoms with Gasteiger partial charge in [0.25, 0.3) is 0 Å². The number of rotatable bonds is 61. The summed E-state index contributed by atoms with van der Waals surface area (Å²) in [6.07, 6.45) is 75.2. The SMILES string of the molecule is CCC/C=C\CCCCCCCC(=O)OCC(COC(=O)CCCCCCCCCCCCCCCCCCCCCCCCCCCCCCCCCC)OC(=O)CCCCCCC/C=C\CCCCCC. The van der Waals surface area contributed by atoms with Gasteiger partial charge in [-0.05, 0) is 64.2 Å². The van der Waals surface area contributed by atoms with E-state index in [0.717, 1.165) is 77.0 Å². The largest absolute Gasteiger partial charge is 0.462 e. The van der Waals surface area contributed by atoms with Crippen LogP contribution in [0.5, 0.6) is 0 Å². The average molecular weight is 1030 g/mol. The molecule has 0 fully saturated rings. The van der Waals surface area contributed by atoms with E-state index in [-0.39, 0.29) is 31.1 Å². The van der Waals surface area contributed by atoms with Crippen molar-refractivity contribution in [2.24, 2.45) is 0 Å². The second-order valence-corrected chi connectivity index (χ2v) is 22.4. The normalized spacial score (nSPS) is 12.1. The van der Waals surface area contributed by atoms with E-state index >= 15 is 0 Å². The van der Waals surface area contributed by atoms with E-state index in [0.29, 0.717) is 19.3 Å². The minimum Gasteiger partial charge on any atom is -0.462 e. The van der Waals surface area contributed by atoms with Crippen LogP contribution in [0.2, 0.25) is 0 Å². The minimum absolute atomic E-state index is 0.0731. The molecule has 0 aromatic carbocycles. The molecule has 0 N–H and O–H groups in total. The monoisotopic (exact) mass is 1030 g/mol. The van der Waals surface area contributed by atoms with Gasteiger partial charge in [-0.1, -0.05) is 308 Å². The van der Waals surface area contributed by atoms with E-state index in [1.165, 1.54) is 250 Å². The maximum atomic E-state index is 12.8. The van der Waals surface area contributed by atoms with Gasteiger partial charge in [-0.3, -0.25) is 14.4 Å².